The zero-order valence-electron chi connectivity index (χ0n) is 17.0. The van der Waals surface area contributed by atoms with Crippen molar-refractivity contribution in [1.82, 2.24) is 5.32 Å². The fourth-order valence-electron chi connectivity index (χ4n) is 2.80. The van der Waals surface area contributed by atoms with Crippen molar-refractivity contribution >= 4 is 35.2 Å². The molecular weight excluding hydrogens is 426 g/mol. The van der Waals surface area contributed by atoms with Crippen molar-refractivity contribution in [2.45, 2.75) is 6.54 Å². The predicted octanol–water partition coefficient (Wildman–Crippen LogP) is 4.58. The Balaban J connectivity index is 1.65. The van der Waals surface area contributed by atoms with Crippen LogP contribution in [0.2, 0.25) is 5.02 Å². The molecule has 0 aromatic heterocycles. The van der Waals surface area contributed by atoms with Gasteiger partial charge >= 0.3 is 0 Å². The average molecular weight is 446 g/mol. The highest BCUT2D eigenvalue weighted by atomic mass is 35.5. The monoisotopic (exact) mass is 445 g/mol. The third kappa shape index (κ3) is 6.46. The lowest BCUT2D eigenvalue weighted by Crippen LogP contribution is -2.24. The minimum absolute atomic E-state index is 0.0718. The molecule has 0 radical (unpaired) electrons. The van der Waals surface area contributed by atoms with Crippen molar-refractivity contribution in [1.29, 1.82) is 5.26 Å². The van der Waals surface area contributed by atoms with E-state index >= 15 is 0 Å². The van der Waals surface area contributed by atoms with E-state index in [4.69, 9.17) is 16.3 Å². The van der Waals surface area contributed by atoms with Crippen LogP contribution in [-0.2, 0) is 16.1 Å². The highest BCUT2D eigenvalue weighted by Gasteiger charge is 2.12. The number of halogens is 1. The van der Waals surface area contributed by atoms with Gasteiger partial charge in [0.2, 0.25) is 0 Å². The third-order valence-electron chi connectivity index (χ3n) is 4.39. The molecule has 3 rings (SSSR count). The molecule has 0 heterocycles. The molecule has 32 heavy (non-hydrogen) atoms. The molecule has 3 aromatic carbocycles. The number of carbonyl (C=O) groups is 2. The molecule has 0 atom stereocenters. The maximum Gasteiger partial charge on any atom is 0.262 e. The first kappa shape index (κ1) is 22.6. The lowest BCUT2D eigenvalue weighted by atomic mass is 10.1. The second kappa shape index (κ2) is 11.3. The Labute approximate surface area is 191 Å². The van der Waals surface area contributed by atoms with Gasteiger partial charge in [0.05, 0.1) is 10.7 Å². The second-order valence-electron chi connectivity index (χ2n) is 6.69. The number of para-hydroxylation sites is 2. The van der Waals surface area contributed by atoms with Gasteiger partial charge in [0.25, 0.3) is 11.8 Å². The van der Waals surface area contributed by atoms with Gasteiger partial charge in [0, 0.05) is 12.1 Å². The summed E-state index contributed by atoms with van der Waals surface area (Å²) in [5.74, 6) is -0.522. The molecule has 2 amide bonds. The third-order valence-corrected chi connectivity index (χ3v) is 4.72. The maximum absolute atomic E-state index is 12.4. The summed E-state index contributed by atoms with van der Waals surface area (Å²) < 4.78 is 5.62. The largest absolute Gasteiger partial charge is 0.483 e. The standard InChI is InChI=1S/C25H20ClN3O3/c26-21-11-5-6-12-22(21)29-24(30)17-32-23-13-7-4-10-19(23)14-20(15-27)25(31)28-16-18-8-2-1-3-9-18/h1-14H,16-17H2,(H,28,31)(H,29,30)/b20-14+. The van der Waals surface area contributed by atoms with Crippen molar-refractivity contribution < 1.29 is 14.3 Å². The fourth-order valence-corrected chi connectivity index (χ4v) is 2.98. The summed E-state index contributed by atoms with van der Waals surface area (Å²) in [4.78, 5) is 24.7. The van der Waals surface area contributed by atoms with E-state index in [1.165, 1.54) is 6.08 Å². The number of nitrogens with one attached hydrogen (secondary N) is 2. The quantitative estimate of drug-likeness (QED) is 0.392. The second-order valence-corrected chi connectivity index (χ2v) is 7.10. The summed E-state index contributed by atoms with van der Waals surface area (Å²) in [6.45, 7) is 0.0389. The van der Waals surface area contributed by atoms with Crippen LogP contribution >= 0.6 is 11.6 Å². The van der Waals surface area contributed by atoms with Gasteiger partial charge in [0.15, 0.2) is 6.61 Å². The van der Waals surface area contributed by atoms with Gasteiger partial charge in [-0.3, -0.25) is 9.59 Å². The van der Waals surface area contributed by atoms with Crippen molar-refractivity contribution in [3.63, 3.8) is 0 Å². The SMILES string of the molecule is N#C/C(=C\c1ccccc1OCC(=O)Nc1ccccc1Cl)C(=O)NCc1ccccc1. The molecule has 0 aliphatic heterocycles. The molecule has 0 aliphatic rings. The van der Waals surface area contributed by atoms with Crippen LogP contribution in [0.4, 0.5) is 5.69 Å². The van der Waals surface area contributed by atoms with Gasteiger partial charge < -0.3 is 15.4 Å². The van der Waals surface area contributed by atoms with Crippen molar-refractivity contribution in [2.75, 3.05) is 11.9 Å². The molecule has 0 saturated heterocycles. The van der Waals surface area contributed by atoms with Crippen molar-refractivity contribution in [3.8, 4) is 11.8 Å². The van der Waals surface area contributed by atoms with E-state index in [1.807, 2.05) is 36.4 Å². The predicted molar refractivity (Wildman–Crippen MR) is 124 cm³/mol. The van der Waals surface area contributed by atoms with Crippen molar-refractivity contribution in [3.05, 3.63) is 101 Å². The van der Waals surface area contributed by atoms with Crippen LogP contribution in [0, 0.1) is 11.3 Å². The molecule has 2 N–H and O–H groups in total. The lowest BCUT2D eigenvalue weighted by Gasteiger charge is -2.11. The Hall–Kier alpha value is -4.08. The van der Waals surface area contributed by atoms with Crippen molar-refractivity contribution in [2.24, 2.45) is 0 Å². The number of rotatable bonds is 8. The summed E-state index contributed by atoms with van der Waals surface area (Å²) in [5, 5.41) is 15.3. The Morgan fingerprint density at radius 2 is 1.66 bits per heavy atom. The van der Waals surface area contributed by atoms with Crippen LogP contribution in [0.1, 0.15) is 11.1 Å². The lowest BCUT2D eigenvalue weighted by molar-refractivity contribution is -0.118. The molecule has 7 heteroatoms. The fraction of sp³-hybridized carbons (Fsp3) is 0.0800. The van der Waals surface area contributed by atoms with E-state index in [0.29, 0.717) is 28.6 Å². The molecule has 0 unspecified atom stereocenters. The molecule has 0 bridgehead atoms. The van der Waals surface area contributed by atoms with Gasteiger partial charge in [-0.25, -0.2) is 0 Å². The summed E-state index contributed by atoms with van der Waals surface area (Å²) in [6.07, 6.45) is 1.43. The molecule has 160 valence electrons. The Morgan fingerprint density at radius 1 is 0.969 bits per heavy atom. The van der Waals surface area contributed by atoms with Crippen LogP contribution in [0.25, 0.3) is 6.08 Å². The molecule has 0 spiro atoms. The number of amides is 2. The normalized spacial score (nSPS) is 10.7. The van der Waals surface area contributed by atoms with Gasteiger partial charge in [-0.05, 0) is 29.8 Å². The zero-order valence-corrected chi connectivity index (χ0v) is 17.8. The highest BCUT2D eigenvalue weighted by molar-refractivity contribution is 6.33. The number of anilines is 1. The number of hydrogen-bond donors (Lipinski definition) is 2. The van der Waals surface area contributed by atoms with Crippen LogP contribution in [-0.4, -0.2) is 18.4 Å². The van der Waals surface area contributed by atoms with Crippen LogP contribution in [0.15, 0.2) is 84.4 Å². The van der Waals surface area contributed by atoms with Crippen LogP contribution in [0.3, 0.4) is 0 Å². The number of nitrogens with zero attached hydrogens (tertiary/aromatic N) is 1. The van der Waals surface area contributed by atoms with E-state index in [9.17, 15) is 14.9 Å². The highest BCUT2D eigenvalue weighted by Crippen LogP contribution is 2.22. The number of ether oxygens (including phenoxy) is 1. The van der Waals surface area contributed by atoms with Gasteiger partial charge in [-0.2, -0.15) is 5.26 Å². The van der Waals surface area contributed by atoms with Gasteiger partial charge in [-0.15, -0.1) is 0 Å². The topological polar surface area (TPSA) is 91.2 Å². The van der Waals surface area contributed by atoms with E-state index in [1.54, 1.807) is 48.5 Å². The Bertz CT molecular complexity index is 1170. The Morgan fingerprint density at radius 3 is 2.41 bits per heavy atom. The van der Waals surface area contributed by atoms with E-state index in [-0.39, 0.29) is 12.2 Å². The number of nitriles is 1. The van der Waals surface area contributed by atoms with Gasteiger partial charge in [0.1, 0.15) is 17.4 Å². The minimum Gasteiger partial charge on any atom is -0.483 e. The molecule has 0 saturated carbocycles. The number of benzene rings is 3. The first-order chi connectivity index (χ1) is 15.6. The zero-order chi connectivity index (χ0) is 22.8. The van der Waals surface area contributed by atoms with Crippen LogP contribution < -0.4 is 15.4 Å². The van der Waals surface area contributed by atoms with Crippen LogP contribution in [0.5, 0.6) is 5.75 Å². The summed E-state index contributed by atoms with van der Waals surface area (Å²) >= 11 is 6.05. The molecule has 0 fully saturated rings. The minimum atomic E-state index is -0.498. The number of hydrogen-bond acceptors (Lipinski definition) is 4. The summed E-state index contributed by atoms with van der Waals surface area (Å²) in [6, 6.07) is 25.0. The van der Waals surface area contributed by atoms with E-state index in [0.717, 1.165) is 5.56 Å². The van der Waals surface area contributed by atoms with Gasteiger partial charge in [-0.1, -0.05) is 72.3 Å². The Kier molecular flexibility index (Phi) is 8.02. The first-order valence-corrected chi connectivity index (χ1v) is 10.1. The molecular formula is C25H20ClN3O3. The molecule has 3 aromatic rings. The summed E-state index contributed by atoms with van der Waals surface area (Å²) in [5.41, 5.74) is 1.84. The molecule has 0 aliphatic carbocycles. The molecule has 6 nitrogen and oxygen atoms in total. The maximum atomic E-state index is 12.4. The van der Waals surface area contributed by atoms with E-state index in [2.05, 4.69) is 10.6 Å². The van der Waals surface area contributed by atoms with E-state index < -0.39 is 11.8 Å². The summed E-state index contributed by atoms with van der Waals surface area (Å²) in [7, 11) is 0. The number of carbonyl (C=O) groups excluding carboxylic acids is 2. The smallest absolute Gasteiger partial charge is 0.262 e. The average Bonchev–Trinajstić information content (AvgIpc) is 2.82. The first-order valence-electron chi connectivity index (χ1n) is 9.77.